The third kappa shape index (κ3) is 49.3. The van der Waals surface area contributed by atoms with E-state index in [9.17, 15) is 8.78 Å². The Morgan fingerprint density at radius 2 is 1.10 bits per heavy atom. The molecular formula is C104H175F2N25O4. The molecule has 29 nitrogen and oxygen atoms in total. The van der Waals surface area contributed by atoms with E-state index in [1.807, 2.05) is 134 Å². The summed E-state index contributed by atoms with van der Waals surface area (Å²) in [4.78, 5) is 14.3. The molecule has 0 amide bonds. The summed E-state index contributed by atoms with van der Waals surface area (Å²) in [5, 5.41) is 47.3. The van der Waals surface area contributed by atoms with Gasteiger partial charge in [-0.25, -0.2) is 23.7 Å². The molecule has 0 bridgehead atoms. The van der Waals surface area contributed by atoms with Gasteiger partial charge in [-0.15, -0.1) is 15.3 Å². The number of halogens is 2. The first-order chi connectivity index (χ1) is 62.7. The largest absolute Gasteiger partial charge is 0.448 e. The van der Waals surface area contributed by atoms with Crippen molar-refractivity contribution in [1.82, 2.24) is 123 Å². The van der Waals surface area contributed by atoms with Crippen LogP contribution in [-0.2, 0) is 38.0 Å². The number of hydrogen-bond donors (Lipinski definition) is 1. The molecule has 0 unspecified atom stereocenters. The van der Waals surface area contributed by atoms with E-state index in [1.54, 1.807) is 50.5 Å². The average molecular weight is 1880 g/mol. The van der Waals surface area contributed by atoms with Crippen molar-refractivity contribution < 1.29 is 26.6 Å². The first-order valence-corrected chi connectivity index (χ1v) is 47.9. The first-order valence-electron chi connectivity index (χ1n) is 47.9. The van der Waals surface area contributed by atoms with E-state index in [0.717, 1.165) is 77.6 Å². The van der Waals surface area contributed by atoms with E-state index >= 15 is 0 Å². The fourth-order valence-corrected chi connectivity index (χ4v) is 11.7. The first kappa shape index (κ1) is 120. The molecule has 13 aromatic heterocycles. The molecule has 2 aliphatic rings. The third-order valence-corrected chi connectivity index (χ3v) is 20.0. The summed E-state index contributed by atoms with van der Waals surface area (Å²) in [5.41, 5.74) is 13.6. The van der Waals surface area contributed by atoms with E-state index in [2.05, 4.69) is 362 Å². The van der Waals surface area contributed by atoms with Gasteiger partial charge in [0.15, 0.2) is 11.8 Å². The van der Waals surface area contributed by atoms with Crippen LogP contribution in [0.25, 0.3) is 0 Å². The minimum Gasteiger partial charge on any atom is -0.448 e. The third-order valence-electron chi connectivity index (χ3n) is 20.0. The van der Waals surface area contributed by atoms with Gasteiger partial charge in [0.2, 0.25) is 11.8 Å². The van der Waals surface area contributed by atoms with Crippen molar-refractivity contribution in [3.63, 3.8) is 0 Å². The molecule has 0 spiro atoms. The molecule has 0 atom stereocenters. The number of nitrogens with zero attached hydrogens (tertiary/aromatic N) is 24. The molecule has 1 aliphatic carbocycles. The molecule has 0 radical (unpaired) electrons. The Kier molecular flexibility index (Phi) is 52.4. The average Bonchev–Trinajstić information content (AvgIpc) is 1.68. The molecule has 754 valence electrons. The van der Waals surface area contributed by atoms with Crippen LogP contribution >= 0.6 is 0 Å². The topological polar surface area (TPSA) is 293 Å². The second-order valence-electron chi connectivity index (χ2n) is 40.1. The van der Waals surface area contributed by atoms with Crippen LogP contribution in [0.5, 0.6) is 0 Å². The van der Waals surface area contributed by atoms with Gasteiger partial charge in [-0.3, -0.25) is 32.8 Å². The maximum absolute atomic E-state index is 12.6. The van der Waals surface area contributed by atoms with E-state index in [4.69, 9.17) is 17.8 Å². The molecule has 1 fully saturated rings. The van der Waals surface area contributed by atoms with Gasteiger partial charge in [0.05, 0.1) is 48.0 Å². The van der Waals surface area contributed by atoms with Gasteiger partial charge in [-0.1, -0.05) is 149 Å². The summed E-state index contributed by atoms with van der Waals surface area (Å²) in [5.74, 6) is 7.17. The fraction of sp³-hybridized carbons (Fsp3) is 0.615. The molecular weight excluding hydrogens is 1700 g/mol. The lowest BCUT2D eigenvalue weighted by Gasteiger charge is -2.12. The predicted molar refractivity (Wildman–Crippen MR) is 545 cm³/mol. The van der Waals surface area contributed by atoms with Crippen molar-refractivity contribution in [1.29, 1.82) is 0 Å². The number of hydrogen-bond acceptors (Lipinski definition) is 20. The molecule has 31 heteroatoms. The lowest BCUT2D eigenvalue weighted by molar-refractivity contribution is 0.000544. The predicted octanol–water partition coefficient (Wildman–Crippen LogP) is 26.4. The minimum atomic E-state index is -2.69. The standard InChI is InChI=1S/C9H14F2N2.C9H13NO.C9H15N.C8H15N3.C8H14N2.C8H13NO.C8H13N.C7H14N2.C7H12N2.C7H11NO.C6H11N3.C6H10N2O.2C6H10N2/c1-7(2)8-4-12-13(5-8)6-9(3,10)11;1-6(2)9-5-8(10-11-9)7-3-4-7;1-7(2)9-6-10(4)5-8(9)3;1-5-11-6-7(9-10-11)8(2,3)4;1-6(2)10-8(4)5-7(3)9-10;1-6-9-5-7(10-6)8(2,3)4;1-7(2)9-5-4-8(3)6-9;1-6(2)7-4-9(3)5-8-7;1-6(2)7-4-8-9(3)5-7;1-5(2)7-8-6(3)4-9-7;1-5(2)9-4-7-6(3)8-9;1-4(2)6-8-7-5(3)9-6;2*1-6(2)8-5-3-4-7-8/h4-5,7H,6H2,1-3H3;5-7H,3-4H2,1-2H3;5-7H,1-4H3;6H,5H2,1-4H3;5-6H,1-4H3;5H,1-4H3;4-7H,1-3H3;4,6,8H,5H2,1-3H3;4-6H,1-3H3;2*4-5H,1-3H3;4H,1-3H3;2*3-6H,1-2H3. The van der Waals surface area contributed by atoms with Crippen LogP contribution in [0.2, 0.25) is 0 Å². The normalized spacial score (nSPS) is 12.1. The smallest absolute Gasteiger partial charge is 0.264 e. The van der Waals surface area contributed by atoms with Crippen LogP contribution in [0.15, 0.2) is 159 Å². The number of aryl methyl sites for hydroxylation is 11. The Morgan fingerprint density at radius 3 is 1.34 bits per heavy atom. The van der Waals surface area contributed by atoms with Gasteiger partial charge in [0.25, 0.3) is 5.92 Å². The summed E-state index contributed by atoms with van der Waals surface area (Å²) in [7, 11) is 6.08. The molecule has 14 heterocycles. The Hall–Kier alpha value is -11.1. The molecule has 13 aromatic rings. The number of oxazole rings is 2. The fourth-order valence-electron chi connectivity index (χ4n) is 11.7. The molecule has 135 heavy (non-hydrogen) atoms. The zero-order chi connectivity index (χ0) is 103. The molecule has 0 aromatic carbocycles. The maximum atomic E-state index is 12.6. The Labute approximate surface area is 809 Å². The van der Waals surface area contributed by atoms with Gasteiger partial charge in [0.1, 0.15) is 36.5 Å². The van der Waals surface area contributed by atoms with Crippen LogP contribution in [0.1, 0.15) is 403 Å². The van der Waals surface area contributed by atoms with Crippen LogP contribution in [0, 0.1) is 61.3 Å². The van der Waals surface area contributed by atoms with E-state index in [-0.39, 0.29) is 17.4 Å². The number of alkyl halides is 2. The highest BCUT2D eigenvalue weighted by Crippen LogP contribution is 2.40. The maximum Gasteiger partial charge on any atom is 0.264 e. The van der Waals surface area contributed by atoms with Gasteiger partial charge in [0, 0.05) is 205 Å². The van der Waals surface area contributed by atoms with Crippen LogP contribution in [0.3, 0.4) is 0 Å². The summed E-state index contributed by atoms with van der Waals surface area (Å²) in [6.45, 7) is 83.8. The van der Waals surface area contributed by atoms with Gasteiger partial charge in [-0.05, 0) is 206 Å². The minimum absolute atomic E-state index is 0.0846. The van der Waals surface area contributed by atoms with Crippen molar-refractivity contribution in [2.45, 2.75) is 391 Å². The quantitative estimate of drug-likeness (QED) is 0.0940. The molecule has 1 aliphatic heterocycles. The Bertz CT molecular complexity index is 4880. The number of rotatable bonds is 16. The number of aromatic nitrogens is 23. The molecule has 0 saturated heterocycles. The number of allylic oxidation sites excluding steroid dienone is 1. The molecule has 1 N–H and O–H groups in total. The van der Waals surface area contributed by atoms with Crippen molar-refractivity contribution in [2.75, 3.05) is 13.7 Å². The van der Waals surface area contributed by atoms with Crippen molar-refractivity contribution in [3.8, 4) is 0 Å². The highest BCUT2D eigenvalue weighted by Gasteiger charge is 2.28. The van der Waals surface area contributed by atoms with Gasteiger partial charge >= 0.3 is 0 Å². The van der Waals surface area contributed by atoms with Gasteiger partial charge in [-0.2, -0.15) is 30.6 Å². The molecule has 15 rings (SSSR count). The van der Waals surface area contributed by atoms with Crippen molar-refractivity contribution >= 4 is 0 Å². The summed E-state index contributed by atoms with van der Waals surface area (Å²) in [6.07, 6.45) is 35.4. The lowest BCUT2D eigenvalue weighted by atomic mass is 9.93. The van der Waals surface area contributed by atoms with Gasteiger partial charge < -0.3 is 37.1 Å². The molecule has 1 saturated carbocycles. The highest BCUT2D eigenvalue weighted by molar-refractivity contribution is 5.25. The monoisotopic (exact) mass is 1880 g/mol. The Balaban J connectivity index is 0.000000493. The second-order valence-corrected chi connectivity index (χ2v) is 40.1. The van der Waals surface area contributed by atoms with E-state index in [0.29, 0.717) is 89.3 Å². The zero-order valence-corrected chi connectivity index (χ0v) is 90.9. The lowest BCUT2D eigenvalue weighted by Crippen LogP contribution is -2.19. The summed E-state index contributed by atoms with van der Waals surface area (Å²) >= 11 is 0. The summed E-state index contributed by atoms with van der Waals surface area (Å²) in [6, 6.07) is 12.7. The van der Waals surface area contributed by atoms with Crippen LogP contribution in [0.4, 0.5) is 8.78 Å². The summed E-state index contributed by atoms with van der Waals surface area (Å²) < 4.78 is 62.9. The Morgan fingerprint density at radius 1 is 0.519 bits per heavy atom. The zero-order valence-electron chi connectivity index (χ0n) is 90.9. The number of nitrogens with one attached hydrogen (secondary N) is 1. The van der Waals surface area contributed by atoms with Crippen LogP contribution < -0.4 is 5.32 Å². The van der Waals surface area contributed by atoms with Crippen molar-refractivity contribution in [2.24, 2.45) is 20.0 Å². The van der Waals surface area contributed by atoms with Crippen LogP contribution in [-0.4, -0.2) is 138 Å². The SMILES string of the molecule is CC(C)C1=CN(C)CN1.CC(C)c1cc(C2CC2)no1.CC(C)c1cnn(C)c1.CC(C)c1cnn(CC(C)(F)F)c1.CC(C)n1cccn1.CC(C)n1cccn1.CCn1cc(C(C)(C)C)nn1.Cc1cc(C)n(C(C)C)n1.Cc1ccn(C(C)C)c1.Cc1cn(C)cc1C(C)C.Cc1coc(C(C)C)n1.Cc1ncc(C(C)(C)C)o1.Cc1ncn(C(C)C)n1.Cc1nnc(C(C)C)o1. The van der Waals surface area contributed by atoms with E-state index in [1.165, 1.54) is 51.2 Å². The highest BCUT2D eigenvalue weighted by atomic mass is 19.3. The van der Waals surface area contributed by atoms with E-state index < -0.39 is 5.92 Å². The second kappa shape index (κ2) is 59.0. The van der Waals surface area contributed by atoms with Crippen molar-refractivity contribution in [3.05, 3.63) is 239 Å².